The average Bonchev–Trinajstić information content (AvgIpc) is 2.55. The number of methoxy groups -OCH3 is 1. The van der Waals surface area contributed by atoms with Gasteiger partial charge in [0.1, 0.15) is 17.2 Å². The quantitative estimate of drug-likeness (QED) is 0.788. The van der Waals surface area contributed by atoms with Crippen LogP contribution in [0.5, 0.6) is 17.2 Å². The first-order valence-corrected chi connectivity index (χ1v) is 6.78. The van der Waals surface area contributed by atoms with Crippen LogP contribution in [0.25, 0.3) is 0 Å². The first-order valence-electron chi connectivity index (χ1n) is 6.78. The van der Waals surface area contributed by atoms with Gasteiger partial charge in [-0.3, -0.25) is 4.79 Å². The van der Waals surface area contributed by atoms with Gasteiger partial charge < -0.3 is 25.8 Å². The van der Waals surface area contributed by atoms with Gasteiger partial charge in [-0.05, 0) is 42.5 Å². The second-order valence-corrected chi connectivity index (χ2v) is 4.56. The second-order valence-electron chi connectivity index (χ2n) is 4.56. The van der Waals surface area contributed by atoms with Crippen LogP contribution in [0.15, 0.2) is 42.5 Å². The summed E-state index contributed by atoms with van der Waals surface area (Å²) in [6.07, 6.45) is 0. The molecule has 2 aromatic rings. The van der Waals surface area contributed by atoms with Gasteiger partial charge in [-0.2, -0.15) is 0 Å². The third-order valence-electron chi connectivity index (χ3n) is 3.00. The molecule has 0 heterocycles. The van der Waals surface area contributed by atoms with Gasteiger partial charge in [0.15, 0.2) is 0 Å². The molecule has 0 atom stereocenters. The summed E-state index contributed by atoms with van der Waals surface area (Å²) in [5.41, 5.74) is 5.98. The SMILES string of the molecule is CNC(=O)c1cc(Oc2ccc(NC(N)=O)cc2)ccc1OC. The van der Waals surface area contributed by atoms with Crippen LogP contribution in [0.3, 0.4) is 0 Å². The zero-order valence-corrected chi connectivity index (χ0v) is 12.8. The Kier molecular flexibility index (Phi) is 5.03. The molecule has 0 unspecified atom stereocenters. The Morgan fingerprint density at radius 2 is 1.70 bits per heavy atom. The molecule has 2 rings (SSSR count). The molecule has 0 aliphatic carbocycles. The van der Waals surface area contributed by atoms with Gasteiger partial charge in [0.05, 0.1) is 12.7 Å². The molecule has 0 bridgehead atoms. The highest BCUT2D eigenvalue weighted by Gasteiger charge is 2.12. The predicted octanol–water partition coefficient (Wildman–Crippen LogP) is 2.34. The second kappa shape index (κ2) is 7.17. The van der Waals surface area contributed by atoms with E-state index < -0.39 is 6.03 Å². The largest absolute Gasteiger partial charge is 0.496 e. The standard InChI is InChI=1S/C16H17N3O4/c1-18-15(20)13-9-12(7-8-14(13)22-2)23-11-5-3-10(4-6-11)19-16(17)21/h3-9H,1-2H3,(H,18,20)(H3,17,19,21). The van der Waals surface area contributed by atoms with E-state index in [4.69, 9.17) is 15.2 Å². The van der Waals surface area contributed by atoms with E-state index in [1.807, 2.05) is 0 Å². The van der Waals surface area contributed by atoms with E-state index in [9.17, 15) is 9.59 Å². The maximum atomic E-state index is 11.8. The lowest BCUT2D eigenvalue weighted by Crippen LogP contribution is -2.19. The molecule has 3 amide bonds. The van der Waals surface area contributed by atoms with E-state index in [0.717, 1.165) is 0 Å². The summed E-state index contributed by atoms with van der Waals surface area (Å²) in [5.74, 6) is 1.22. The van der Waals surface area contributed by atoms with Crippen LogP contribution < -0.4 is 25.8 Å². The highest BCUT2D eigenvalue weighted by atomic mass is 16.5. The van der Waals surface area contributed by atoms with Crippen molar-refractivity contribution in [3.63, 3.8) is 0 Å². The summed E-state index contributed by atoms with van der Waals surface area (Å²) in [7, 11) is 3.03. The number of hydrogen-bond donors (Lipinski definition) is 3. The minimum absolute atomic E-state index is 0.270. The lowest BCUT2D eigenvalue weighted by Gasteiger charge is -2.11. The summed E-state index contributed by atoms with van der Waals surface area (Å²) < 4.78 is 10.9. The maximum absolute atomic E-state index is 11.8. The summed E-state index contributed by atoms with van der Waals surface area (Å²) in [6, 6.07) is 11.0. The Morgan fingerprint density at radius 1 is 1.04 bits per heavy atom. The number of nitrogens with two attached hydrogens (primary N) is 1. The molecule has 23 heavy (non-hydrogen) atoms. The van der Waals surface area contributed by atoms with Gasteiger partial charge in [-0.25, -0.2) is 4.79 Å². The first kappa shape index (κ1) is 16.2. The van der Waals surface area contributed by atoms with E-state index >= 15 is 0 Å². The molecule has 0 spiro atoms. The van der Waals surface area contributed by atoms with Crippen molar-refractivity contribution in [3.8, 4) is 17.2 Å². The van der Waals surface area contributed by atoms with E-state index in [1.54, 1.807) is 49.5 Å². The molecular weight excluding hydrogens is 298 g/mol. The number of primary amides is 1. The molecule has 120 valence electrons. The Morgan fingerprint density at radius 3 is 2.26 bits per heavy atom. The number of benzene rings is 2. The third-order valence-corrected chi connectivity index (χ3v) is 3.00. The molecule has 4 N–H and O–H groups in total. The van der Waals surface area contributed by atoms with Crippen LogP contribution >= 0.6 is 0 Å². The fourth-order valence-electron chi connectivity index (χ4n) is 1.95. The zero-order valence-electron chi connectivity index (χ0n) is 12.8. The minimum atomic E-state index is -0.635. The monoisotopic (exact) mass is 315 g/mol. The highest BCUT2D eigenvalue weighted by molar-refractivity contribution is 5.97. The number of amides is 3. The molecule has 7 nitrogen and oxygen atoms in total. The number of nitrogens with one attached hydrogen (secondary N) is 2. The molecule has 0 aliphatic rings. The van der Waals surface area contributed by atoms with Crippen molar-refractivity contribution in [2.24, 2.45) is 5.73 Å². The Labute approximate surface area is 133 Å². The Hall–Kier alpha value is -3.22. The van der Waals surface area contributed by atoms with Crippen LogP contribution in [0.1, 0.15) is 10.4 Å². The van der Waals surface area contributed by atoms with Crippen LogP contribution in [0, 0.1) is 0 Å². The Bertz CT molecular complexity index is 714. The summed E-state index contributed by atoms with van der Waals surface area (Å²) >= 11 is 0. The molecule has 0 aromatic heterocycles. The molecule has 2 aromatic carbocycles. The number of anilines is 1. The molecule has 0 radical (unpaired) electrons. The lowest BCUT2D eigenvalue weighted by atomic mass is 10.1. The van der Waals surface area contributed by atoms with Crippen molar-refractivity contribution >= 4 is 17.6 Å². The van der Waals surface area contributed by atoms with Crippen LogP contribution in [-0.4, -0.2) is 26.1 Å². The van der Waals surface area contributed by atoms with Crippen LogP contribution in [-0.2, 0) is 0 Å². The topological polar surface area (TPSA) is 103 Å². The fourth-order valence-corrected chi connectivity index (χ4v) is 1.95. The van der Waals surface area contributed by atoms with E-state index in [1.165, 1.54) is 7.11 Å². The molecular formula is C16H17N3O4. The maximum Gasteiger partial charge on any atom is 0.316 e. The van der Waals surface area contributed by atoms with Crippen molar-refractivity contribution in [1.29, 1.82) is 0 Å². The fraction of sp³-hybridized carbons (Fsp3) is 0.125. The van der Waals surface area contributed by atoms with Gasteiger partial charge in [0.2, 0.25) is 0 Å². The molecule has 0 saturated carbocycles. The highest BCUT2D eigenvalue weighted by Crippen LogP contribution is 2.28. The lowest BCUT2D eigenvalue weighted by molar-refractivity contribution is 0.0959. The van der Waals surface area contributed by atoms with E-state index in [-0.39, 0.29) is 5.91 Å². The summed E-state index contributed by atoms with van der Waals surface area (Å²) in [6.45, 7) is 0. The summed E-state index contributed by atoms with van der Waals surface area (Å²) in [5, 5.41) is 5.00. The molecule has 0 saturated heterocycles. The number of urea groups is 1. The number of rotatable bonds is 5. The van der Waals surface area contributed by atoms with Gasteiger partial charge in [-0.15, -0.1) is 0 Å². The van der Waals surface area contributed by atoms with Crippen LogP contribution in [0.4, 0.5) is 10.5 Å². The Balaban J connectivity index is 2.19. The molecule has 7 heteroatoms. The van der Waals surface area contributed by atoms with Gasteiger partial charge in [-0.1, -0.05) is 0 Å². The van der Waals surface area contributed by atoms with Crippen LogP contribution in [0.2, 0.25) is 0 Å². The third kappa shape index (κ3) is 4.13. The van der Waals surface area contributed by atoms with Gasteiger partial charge in [0.25, 0.3) is 5.91 Å². The summed E-state index contributed by atoms with van der Waals surface area (Å²) in [4.78, 5) is 22.6. The van der Waals surface area contributed by atoms with Gasteiger partial charge >= 0.3 is 6.03 Å². The number of hydrogen-bond acceptors (Lipinski definition) is 4. The number of ether oxygens (including phenoxy) is 2. The number of carbonyl (C=O) groups is 2. The predicted molar refractivity (Wildman–Crippen MR) is 86.1 cm³/mol. The smallest absolute Gasteiger partial charge is 0.316 e. The number of carbonyl (C=O) groups excluding carboxylic acids is 2. The van der Waals surface area contributed by atoms with Gasteiger partial charge in [0, 0.05) is 12.7 Å². The van der Waals surface area contributed by atoms with Crippen molar-refractivity contribution in [2.75, 3.05) is 19.5 Å². The van der Waals surface area contributed by atoms with Crippen molar-refractivity contribution in [2.45, 2.75) is 0 Å². The minimum Gasteiger partial charge on any atom is -0.496 e. The average molecular weight is 315 g/mol. The van der Waals surface area contributed by atoms with E-state index in [2.05, 4.69) is 10.6 Å². The van der Waals surface area contributed by atoms with E-state index in [0.29, 0.717) is 28.5 Å². The van der Waals surface area contributed by atoms with Crippen molar-refractivity contribution in [1.82, 2.24) is 5.32 Å². The molecule has 0 fully saturated rings. The zero-order chi connectivity index (χ0) is 16.8. The molecule has 0 aliphatic heterocycles. The first-order chi connectivity index (χ1) is 11.0. The normalized spacial score (nSPS) is 9.83. The van der Waals surface area contributed by atoms with Crippen molar-refractivity contribution < 1.29 is 19.1 Å². The van der Waals surface area contributed by atoms with Crippen molar-refractivity contribution in [3.05, 3.63) is 48.0 Å².